The lowest BCUT2D eigenvalue weighted by atomic mass is 9.95. The topological polar surface area (TPSA) is 32.3 Å². The van der Waals surface area contributed by atoms with Crippen LogP contribution in [-0.2, 0) is 17.8 Å². The Balaban J connectivity index is 2.06. The molecule has 1 aromatic rings. The standard InChI is InChI=1S/C15H22N2O/c1-3-9-17(4-2)15(18)14-10-12-7-5-6-8-13(12)11-16-14/h5-8,14,16H,3-4,9-11H2,1-2H3/t14-/m0/s1. The van der Waals surface area contributed by atoms with Crippen molar-refractivity contribution in [2.24, 2.45) is 0 Å². The van der Waals surface area contributed by atoms with Crippen molar-refractivity contribution >= 4 is 5.91 Å². The number of benzene rings is 1. The highest BCUT2D eigenvalue weighted by Crippen LogP contribution is 2.17. The van der Waals surface area contributed by atoms with E-state index in [2.05, 4.69) is 36.5 Å². The first-order chi connectivity index (χ1) is 8.76. The normalized spacial score (nSPS) is 18.2. The van der Waals surface area contributed by atoms with Gasteiger partial charge in [-0.15, -0.1) is 0 Å². The van der Waals surface area contributed by atoms with Crippen LogP contribution >= 0.6 is 0 Å². The summed E-state index contributed by atoms with van der Waals surface area (Å²) in [7, 11) is 0. The van der Waals surface area contributed by atoms with Crippen molar-refractivity contribution in [1.82, 2.24) is 10.2 Å². The number of rotatable bonds is 4. The van der Waals surface area contributed by atoms with E-state index in [1.54, 1.807) is 0 Å². The predicted octanol–water partition coefficient (Wildman–Crippen LogP) is 1.96. The molecular weight excluding hydrogens is 224 g/mol. The number of carbonyl (C=O) groups is 1. The molecule has 0 saturated heterocycles. The van der Waals surface area contributed by atoms with Crippen LogP contribution in [0, 0.1) is 0 Å². The molecule has 0 spiro atoms. The van der Waals surface area contributed by atoms with Crippen molar-refractivity contribution in [2.45, 2.75) is 39.3 Å². The van der Waals surface area contributed by atoms with E-state index in [9.17, 15) is 4.79 Å². The fourth-order valence-corrected chi connectivity index (χ4v) is 2.54. The second-order valence-electron chi connectivity index (χ2n) is 4.82. The van der Waals surface area contributed by atoms with Crippen LogP contribution in [0.25, 0.3) is 0 Å². The molecule has 2 rings (SSSR count). The van der Waals surface area contributed by atoms with Gasteiger partial charge < -0.3 is 10.2 Å². The van der Waals surface area contributed by atoms with Crippen molar-refractivity contribution in [1.29, 1.82) is 0 Å². The summed E-state index contributed by atoms with van der Waals surface area (Å²) in [6.07, 6.45) is 1.83. The van der Waals surface area contributed by atoms with Gasteiger partial charge >= 0.3 is 0 Å². The summed E-state index contributed by atoms with van der Waals surface area (Å²) in [6.45, 7) is 6.61. The van der Waals surface area contributed by atoms with Gasteiger partial charge in [-0.2, -0.15) is 0 Å². The average Bonchev–Trinajstić information content (AvgIpc) is 2.43. The minimum Gasteiger partial charge on any atom is -0.342 e. The Kier molecular flexibility index (Phi) is 4.37. The van der Waals surface area contributed by atoms with Crippen LogP contribution in [0.3, 0.4) is 0 Å². The first-order valence-electron chi connectivity index (χ1n) is 6.85. The molecule has 1 aliphatic heterocycles. The Bertz CT molecular complexity index is 417. The van der Waals surface area contributed by atoms with Crippen LogP contribution < -0.4 is 5.32 Å². The van der Waals surface area contributed by atoms with Crippen LogP contribution in [0.1, 0.15) is 31.4 Å². The van der Waals surface area contributed by atoms with Crippen LogP contribution in [0.5, 0.6) is 0 Å². The van der Waals surface area contributed by atoms with Crippen LogP contribution in [0.2, 0.25) is 0 Å². The van der Waals surface area contributed by atoms with Crippen molar-refractivity contribution < 1.29 is 4.79 Å². The van der Waals surface area contributed by atoms with Gasteiger partial charge in [-0.3, -0.25) is 4.79 Å². The van der Waals surface area contributed by atoms with Gasteiger partial charge in [0.1, 0.15) is 0 Å². The minimum atomic E-state index is -0.0496. The number of hydrogen-bond acceptors (Lipinski definition) is 2. The molecule has 1 N–H and O–H groups in total. The molecule has 1 aliphatic rings. The van der Waals surface area contributed by atoms with Gasteiger partial charge in [-0.05, 0) is 30.9 Å². The molecule has 1 atom stereocenters. The number of likely N-dealkylation sites (N-methyl/N-ethyl adjacent to an activating group) is 1. The maximum Gasteiger partial charge on any atom is 0.240 e. The van der Waals surface area contributed by atoms with Gasteiger partial charge in [0.25, 0.3) is 0 Å². The monoisotopic (exact) mass is 246 g/mol. The number of nitrogens with one attached hydrogen (secondary N) is 1. The second kappa shape index (κ2) is 6.01. The Morgan fingerprint density at radius 1 is 1.33 bits per heavy atom. The third-order valence-corrected chi connectivity index (χ3v) is 3.57. The van der Waals surface area contributed by atoms with Gasteiger partial charge in [-0.1, -0.05) is 31.2 Å². The Hall–Kier alpha value is -1.35. The third kappa shape index (κ3) is 2.72. The number of hydrogen-bond donors (Lipinski definition) is 1. The van der Waals surface area contributed by atoms with E-state index in [1.165, 1.54) is 11.1 Å². The van der Waals surface area contributed by atoms with E-state index < -0.39 is 0 Å². The van der Waals surface area contributed by atoms with Crippen LogP contribution in [-0.4, -0.2) is 29.9 Å². The maximum atomic E-state index is 12.4. The lowest BCUT2D eigenvalue weighted by Crippen LogP contribution is -2.49. The molecule has 1 aromatic carbocycles. The molecule has 1 heterocycles. The zero-order valence-corrected chi connectivity index (χ0v) is 11.3. The quantitative estimate of drug-likeness (QED) is 0.881. The summed E-state index contributed by atoms with van der Waals surface area (Å²) < 4.78 is 0. The molecule has 0 radical (unpaired) electrons. The number of amides is 1. The maximum absolute atomic E-state index is 12.4. The summed E-state index contributed by atoms with van der Waals surface area (Å²) in [5, 5.41) is 3.36. The van der Waals surface area contributed by atoms with E-state index in [4.69, 9.17) is 0 Å². The van der Waals surface area contributed by atoms with E-state index >= 15 is 0 Å². The second-order valence-corrected chi connectivity index (χ2v) is 4.82. The highest BCUT2D eigenvalue weighted by Gasteiger charge is 2.26. The Labute approximate surface area is 109 Å². The summed E-state index contributed by atoms with van der Waals surface area (Å²) >= 11 is 0. The molecule has 0 fully saturated rings. The van der Waals surface area contributed by atoms with Crippen molar-refractivity contribution in [3.05, 3.63) is 35.4 Å². The van der Waals surface area contributed by atoms with Crippen molar-refractivity contribution in [2.75, 3.05) is 13.1 Å². The molecule has 0 saturated carbocycles. The average molecular weight is 246 g/mol. The lowest BCUT2D eigenvalue weighted by Gasteiger charge is -2.30. The van der Waals surface area contributed by atoms with Crippen LogP contribution in [0.4, 0.5) is 0 Å². The SMILES string of the molecule is CCCN(CC)C(=O)[C@@H]1Cc2ccccc2CN1. The predicted molar refractivity (Wildman–Crippen MR) is 73.3 cm³/mol. The van der Waals surface area contributed by atoms with E-state index in [0.717, 1.165) is 32.5 Å². The van der Waals surface area contributed by atoms with Gasteiger partial charge in [0, 0.05) is 19.6 Å². The number of fused-ring (bicyclic) bond motifs is 1. The number of carbonyl (C=O) groups excluding carboxylic acids is 1. The van der Waals surface area contributed by atoms with Gasteiger partial charge in [0.2, 0.25) is 5.91 Å². The van der Waals surface area contributed by atoms with E-state index in [0.29, 0.717) is 0 Å². The highest BCUT2D eigenvalue weighted by molar-refractivity contribution is 5.82. The molecule has 1 amide bonds. The molecule has 3 heteroatoms. The third-order valence-electron chi connectivity index (χ3n) is 3.57. The summed E-state index contributed by atoms with van der Waals surface area (Å²) in [4.78, 5) is 14.3. The summed E-state index contributed by atoms with van der Waals surface area (Å²) in [6, 6.07) is 8.32. The van der Waals surface area contributed by atoms with Crippen molar-refractivity contribution in [3.63, 3.8) is 0 Å². The molecule has 0 aromatic heterocycles. The Morgan fingerprint density at radius 3 is 2.72 bits per heavy atom. The van der Waals surface area contributed by atoms with Gasteiger partial charge in [0.05, 0.1) is 6.04 Å². The first kappa shape index (κ1) is 13.1. The summed E-state index contributed by atoms with van der Waals surface area (Å²) in [5.41, 5.74) is 2.63. The fourth-order valence-electron chi connectivity index (χ4n) is 2.54. The molecular formula is C15H22N2O. The van der Waals surface area contributed by atoms with Crippen LogP contribution in [0.15, 0.2) is 24.3 Å². The summed E-state index contributed by atoms with van der Waals surface area (Å²) in [5.74, 6) is 0.244. The first-order valence-corrected chi connectivity index (χ1v) is 6.85. The zero-order chi connectivity index (χ0) is 13.0. The van der Waals surface area contributed by atoms with Gasteiger partial charge in [0.15, 0.2) is 0 Å². The molecule has 98 valence electrons. The molecule has 0 unspecified atom stereocenters. The highest BCUT2D eigenvalue weighted by atomic mass is 16.2. The lowest BCUT2D eigenvalue weighted by molar-refractivity contribution is -0.133. The number of nitrogens with zero attached hydrogens (tertiary/aromatic N) is 1. The largest absolute Gasteiger partial charge is 0.342 e. The molecule has 18 heavy (non-hydrogen) atoms. The zero-order valence-electron chi connectivity index (χ0n) is 11.3. The smallest absolute Gasteiger partial charge is 0.240 e. The molecule has 0 aliphatic carbocycles. The van der Waals surface area contributed by atoms with Crippen molar-refractivity contribution in [3.8, 4) is 0 Å². The Morgan fingerprint density at radius 2 is 2.06 bits per heavy atom. The fraction of sp³-hybridized carbons (Fsp3) is 0.533. The molecule has 0 bridgehead atoms. The van der Waals surface area contributed by atoms with Gasteiger partial charge in [-0.25, -0.2) is 0 Å². The minimum absolute atomic E-state index is 0.0496. The van der Waals surface area contributed by atoms with E-state index in [-0.39, 0.29) is 11.9 Å². The molecule has 3 nitrogen and oxygen atoms in total. The van der Waals surface area contributed by atoms with E-state index in [1.807, 2.05) is 11.8 Å².